The lowest BCUT2D eigenvalue weighted by atomic mass is 9.77. The number of rotatable bonds is 7. The number of carbonyl (C=O) groups excluding carboxylic acids is 2. The van der Waals surface area contributed by atoms with E-state index in [4.69, 9.17) is 0 Å². The van der Waals surface area contributed by atoms with Gasteiger partial charge >= 0.3 is 0 Å². The molecule has 0 atom stereocenters. The van der Waals surface area contributed by atoms with Crippen molar-refractivity contribution in [3.63, 3.8) is 0 Å². The number of piperazine rings is 1. The first kappa shape index (κ1) is 22.6. The first-order valence-corrected chi connectivity index (χ1v) is 10.1. The Morgan fingerprint density at radius 2 is 1.54 bits per heavy atom. The molecule has 0 spiro atoms. The molecular weight excluding hydrogens is 378 g/mol. The van der Waals surface area contributed by atoms with Crippen molar-refractivity contribution in [2.45, 2.75) is 46.0 Å². The molecule has 1 aromatic heterocycles. The van der Waals surface area contributed by atoms with Crippen LogP contribution >= 0.6 is 12.4 Å². The molecule has 2 aliphatic heterocycles. The minimum atomic E-state index is -0.146. The number of carbonyl (C=O) groups is 2. The van der Waals surface area contributed by atoms with Gasteiger partial charge in [0.2, 0.25) is 17.8 Å². The standard InChI is InChI=1S/C20H31N5O2.ClH/c1-3-20(2)15-17(26)25(18(27)16-20)10-5-4-9-23-11-13-24(14-12-23)19-21-7-6-8-22-19;/h6-8H,3-5,9-16H2,1-2H3;1H. The summed E-state index contributed by atoms with van der Waals surface area (Å²) in [6.45, 7) is 9.52. The normalized spacial score (nSPS) is 20.2. The number of hydrogen-bond donors (Lipinski definition) is 0. The van der Waals surface area contributed by atoms with Crippen molar-refractivity contribution >= 4 is 30.2 Å². The summed E-state index contributed by atoms with van der Waals surface area (Å²) in [7, 11) is 0. The maximum Gasteiger partial charge on any atom is 0.229 e. The number of likely N-dealkylation sites (tertiary alicyclic amines) is 1. The highest BCUT2D eigenvalue weighted by Crippen LogP contribution is 2.35. The maximum absolute atomic E-state index is 12.3. The van der Waals surface area contributed by atoms with Crippen molar-refractivity contribution in [2.75, 3.05) is 44.2 Å². The molecule has 8 heteroatoms. The second-order valence-corrected chi connectivity index (χ2v) is 8.04. The molecule has 2 saturated heterocycles. The Balaban J connectivity index is 0.00000280. The number of halogens is 1. The summed E-state index contributed by atoms with van der Waals surface area (Å²) in [6, 6.07) is 1.83. The van der Waals surface area contributed by atoms with Crippen molar-refractivity contribution in [1.82, 2.24) is 19.8 Å². The van der Waals surface area contributed by atoms with E-state index >= 15 is 0 Å². The van der Waals surface area contributed by atoms with Crippen molar-refractivity contribution in [2.24, 2.45) is 5.41 Å². The average Bonchev–Trinajstić information content (AvgIpc) is 2.68. The lowest BCUT2D eigenvalue weighted by Crippen LogP contribution is -2.48. The molecule has 2 amide bonds. The molecule has 3 heterocycles. The molecule has 0 aliphatic carbocycles. The highest BCUT2D eigenvalue weighted by atomic mass is 35.5. The van der Waals surface area contributed by atoms with Gasteiger partial charge in [0.05, 0.1) is 0 Å². The van der Waals surface area contributed by atoms with Gasteiger partial charge in [0, 0.05) is 58.0 Å². The van der Waals surface area contributed by atoms with Crippen LogP contribution in [0.1, 0.15) is 46.0 Å². The van der Waals surface area contributed by atoms with Crippen LogP contribution in [0.4, 0.5) is 5.95 Å². The molecule has 2 fully saturated rings. The van der Waals surface area contributed by atoms with E-state index in [-0.39, 0.29) is 29.6 Å². The SMILES string of the molecule is CCC1(C)CC(=O)N(CCCCN2CCN(c3ncccn3)CC2)C(=O)C1.Cl. The van der Waals surface area contributed by atoms with Crippen LogP contribution in [0.15, 0.2) is 18.5 Å². The third-order valence-electron chi connectivity index (χ3n) is 5.93. The Labute approximate surface area is 173 Å². The van der Waals surface area contributed by atoms with Crippen molar-refractivity contribution in [3.8, 4) is 0 Å². The molecule has 0 saturated carbocycles. The first-order valence-electron chi connectivity index (χ1n) is 10.1. The molecule has 3 rings (SSSR count). The monoisotopic (exact) mass is 409 g/mol. The zero-order valence-electron chi connectivity index (χ0n) is 17.0. The minimum absolute atomic E-state index is 0. The van der Waals surface area contributed by atoms with Crippen LogP contribution in [0.2, 0.25) is 0 Å². The van der Waals surface area contributed by atoms with Gasteiger partial charge in [-0.05, 0) is 37.3 Å². The van der Waals surface area contributed by atoms with E-state index in [9.17, 15) is 9.59 Å². The summed E-state index contributed by atoms with van der Waals surface area (Å²) in [4.78, 5) is 39.4. The molecule has 156 valence electrons. The molecule has 0 bridgehead atoms. The largest absolute Gasteiger partial charge is 0.338 e. The first-order chi connectivity index (χ1) is 13.0. The zero-order valence-corrected chi connectivity index (χ0v) is 17.8. The third kappa shape index (κ3) is 5.64. The van der Waals surface area contributed by atoms with Crippen LogP contribution < -0.4 is 4.90 Å². The summed E-state index contributed by atoms with van der Waals surface area (Å²) in [5.74, 6) is 0.817. The van der Waals surface area contributed by atoms with E-state index < -0.39 is 0 Å². The molecule has 0 N–H and O–H groups in total. The van der Waals surface area contributed by atoms with Crippen LogP contribution in [0, 0.1) is 5.41 Å². The van der Waals surface area contributed by atoms with Gasteiger partial charge in [-0.2, -0.15) is 0 Å². The summed E-state index contributed by atoms with van der Waals surface area (Å²) in [6.07, 6.45) is 7.31. The van der Waals surface area contributed by atoms with Crippen LogP contribution in [0.25, 0.3) is 0 Å². The molecule has 28 heavy (non-hydrogen) atoms. The van der Waals surface area contributed by atoms with Crippen LogP contribution in [0.3, 0.4) is 0 Å². The lowest BCUT2D eigenvalue weighted by Gasteiger charge is -2.37. The van der Waals surface area contributed by atoms with Crippen molar-refractivity contribution in [1.29, 1.82) is 0 Å². The highest BCUT2D eigenvalue weighted by Gasteiger charge is 2.38. The number of amides is 2. The Kier molecular flexibility index (Phi) is 8.19. The van der Waals surface area contributed by atoms with E-state index in [1.807, 2.05) is 13.0 Å². The van der Waals surface area contributed by atoms with Crippen LogP contribution in [0.5, 0.6) is 0 Å². The van der Waals surface area contributed by atoms with E-state index in [0.29, 0.717) is 19.4 Å². The fourth-order valence-electron chi connectivity index (χ4n) is 3.85. The van der Waals surface area contributed by atoms with E-state index in [1.165, 1.54) is 4.90 Å². The third-order valence-corrected chi connectivity index (χ3v) is 5.93. The van der Waals surface area contributed by atoms with Gasteiger partial charge in [0.1, 0.15) is 0 Å². The molecule has 0 radical (unpaired) electrons. The predicted molar refractivity (Wildman–Crippen MR) is 112 cm³/mol. The lowest BCUT2D eigenvalue weighted by molar-refractivity contribution is -0.153. The van der Waals surface area contributed by atoms with Gasteiger partial charge in [-0.1, -0.05) is 13.8 Å². The second-order valence-electron chi connectivity index (χ2n) is 8.04. The summed E-state index contributed by atoms with van der Waals surface area (Å²) < 4.78 is 0. The number of hydrogen-bond acceptors (Lipinski definition) is 6. The molecule has 0 aromatic carbocycles. The van der Waals surface area contributed by atoms with Crippen LogP contribution in [-0.2, 0) is 9.59 Å². The van der Waals surface area contributed by atoms with Crippen molar-refractivity contribution in [3.05, 3.63) is 18.5 Å². The number of anilines is 1. The molecule has 0 unspecified atom stereocenters. The van der Waals surface area contributed by atoms with Crippen LogP contribution in [-0.4, -0.2) is 70.9 Å². The quantitative estimate of drug-likeness (QED) is 0.508. The van der Waals surface area contributed by atoms with Gasteiger partial charge in [0.15, 0.2) is 0 Å². The highest BCUT2D eigenvalue weighted by molar-refractivity contribution is 5.98. The van der Waals surface area contributed by atoms with Gasteiger partial charge in [0.25, 0.3) is 0 Å². The topological polar surface area (TPSA) is 69.6 Å². The fourth-order valence-corrected chi connectivity index (χ4v) is 3.85. The minimum Gasteiger partial charge on any atom is -0.338 e. The second kappa shape index (κ2) is 10.2. The Bertz CT molecular complexity index is 631. The number of imide groups is 1. The maximum atomic E-state index is 12.3. The summed E-state index contributed by atoms with van der Waals surface area (Å²) >= 11 is 0. The number of aromatic nitrogens is 2. The Hall–Kier alpha value is -1.73. The average molecular weight is 410 g/mol. The van der Waals surface area contributed by atoms with Gasteiger partial charge in [-0.15, -0.1) is 12.4 Å². The van der Waals surface area contributed by atoms with E-state index in [1.54, 1.807) is 12.4 Å². The molecule has 1 aromatic rings. The molecule has 7 nitrogen and oxygen atoms in total. The van der Waals surface area contributed by atoms with Gasteiger partial charge < -0.3 is 4.90 Å². The van der Waals surface area contributed by atoms with Crippen molar-refractivity contribution < 1.29 is 9.59 Å². The fraction of sp³-hybridized carbons (Fsp3) is 0.700. The summed E-state index contributed by atoms with van der Waals surface area (Å²) in [5.41, 5.74) is -0.146. The summed E-state index contributed by atoms with van der Waals surface area (Å²) in [5, 5.41) is 0. The van der Waals surface area contributed by atoms with Gasteiger partial charge in [-0.3, -0.25) is 19.4 Å². The Morgan fingerprint density at radius 3 is 2.11 bits per heavy atom. The van der Waals surface area contributed by atoms with E-state index in [2.05, 4.69) is 26.7 Å². The van der Waals surface area contributed by atoms with E-state index in [0.717, 1.165) is 57.9 Å². The Morgan fingerprint density at radius 1 is 0.964 bits per heavy atom. The molecule has 2 aliphatic rings. The number of nitrogens with zero attached hydrogens (tertiary/aromatic N) is 5. The zero-order chi connectivity index (χ0) is 19.3. The predicted octanol–water partition coefficient (Wildman–Crippen LogP) is 2.37. The number of piperidine rings is 1. The number of unbranched alkanes of at least 4 members (excludes halogenated alkanes) is 1. The smallest absolute Gasteiger partial charge is 0.229 e. The molecular formula is C20H32ClN5O2. The van der Waals surface area contributed by atoms with Gasteiger partial charge in [-0.25, -0.2) is 9.97 Å².